The summed E-state index contributed by atoms with van der Waals surface area (Å²) < 4.78 is 0. The lowest BCUT2D eigenvalue weighted by atomic mass is 10.1. The summed E-state index contributed by atoms with van der Waals surface area (Å²) in [5.41, 5.74) is 2.29. The molecule has 1 heterocycles. The topological polar surface area (TPSA) is 90.5 Å². The number of rotatable bonds is 6. The molecule has 0 aromatic heterocycles. The highest BCUT2D eigenvalue weighted by atomic mass is 16.2. The van der Waals surface area contributed by atoms with Gasteiger partial charge in [0, 0.05) is 41.1 Å². The van der Waals surface area contributed by atoms with Gasteiger partial charge < -0.3 is 20.9 Å². The smallest absolute Gasteiger partial charge is 0.253 e. The summed E-state index contributed by atoms with van der Waals surface area (Å²) in [7, 11) is 0. The van der Waals surface area contributed by atoms with E-state index in [1.54, 1.807) is 48.5 Å². The highest BCUT2D eigenvalue weighted by Crippen LogP contribution is 2.16. The second kappa shape index (κ2) is 10.3. The van der Waals surface area contributed by atoms with Crippen molar-refractivity contribution in [1.82, 2.24) is 10.2 Å². The number of carbonyl (C=O) groups excluding carboxylic acids is 3. The Morgan fingerprint density at radius 1 is 0.812 bits per heavy atom. The SMILES string of the molecule is CC(C)(C)NC(=O)c1ccc(NCC(=O)Nc2ccc(C(=O)N3CCCCC3)cc2)cc1. The highest BCUT2D eigenvalue weighted by Gasteiger charge is 2.18. The van der Waals surface area contributed by atoms with E-state index in [4.69, 9.17) is 0 Å². The number of nitrogens with one attached hydrogen (secondary N) is 3. The highest BCUT2D eigenvalue weighted by molar-refractivity contribution is 5.97. The average Bonchev–Trinajstić information content (AvgIpc) is 2.77. The molecule has 2 aromatic rings. The number of likely N-dealkylation sites (tertiary alicyclic amines) is 1. The minimum absolute atomic E-state index is 0.0453. The first kappa shape index (κ1) is 23.3. The molecular weight excluding hydrogens is 404 g/mol. The molecule has 7 heteroatoms. The minimum atomic E-state index is -0.300. The third-order valence-electron chi connectivity index (χ3n) is 5.15. The average molecular weight is 437 g/mol. The molecule has 0 spiro atoms. The fourth-order valence-corrected chi connectivity index (χ4v) is 3.52. The predicted molar refractivity (Wildman–Crippen MR) is 127 cm³/mol. The summed E-state index contributed by atoms with van der Waals surface area (Å²) in [6.07, 6.45) is 3.29. The Labute approximate surface area is 189 Å². The molecule has 0 radical (unpaired) electrons. The van der Waals surface area contributed by atoms with Crippen molar-refractivity contribution in [1.29, 1.82) is 0 Å². The largest absolute Gasteiger partial charge is 0.376 e. The Hall–Kier alpha value is -3.35. The van der Waals surface area contributed by atoms with Gasteiger partial charge in [-0.15, -0.1) is 0 Å². The predicted octanol–water partition coefficient (Wildman–Crippen LogP) is 3.89. The van der Waals surface area contributed by atoms with E-state index in [0.717, 1.165) is 31.6 Å². The quantitative estimate of drug-likeness (QED) is 0.641. The maximum absolute atomic E-state index is 12.5. The number of carbonyl (C=O) groups is 3. The Morgan fingerprint density at radius 3 is 1.97 bits per heavy atom. The molecule has 0 unspecified atom stereocenters. The third kappa shape index (κ3) is 6.83. The number of piperidine rings is 1. The molecule has 3 rings (SSSR count). The fourth-order valence-electron chi connectivity index (χ4n) is 3.52. The molecule has 0 atom stereocenters. The van der Waals surface area contributed by atoms with Crippen molar-refractivity contribution in [3.05, 3.63) is 59.7 Å². The molecule has 32 heavy (non-hydrogen) atoms. The van der Waals surface area contributed by atoms with Crippen LogP contribution in [0.15, 0.2) is 48.5 Å². The van der Waals surface area contributed by atoms with Crippen LogP contribution in [0.25, 0.3) is 0 Å². The molecule has 1 aliphatic heterocycles. The zero-order valence-electron chi connectivity index (χ0n) is 19.0. The van der Waals surface area contributed by atoms with Gasteiger partial charge in [-0.2, -0.15) is 0 Å². The summed E-state index contributed by atoms with van der Waals surface area (Å²) in [5, 5.41) is 8.78. The first-order valence-electron chi connectivity index (χ1n) is 11.1. The molecule has 1 aliphatic rings. The maximum atomic E-state index is 12.5. The Balaban J connectivity index is 1.47. The first-order chi connectivity index (χ1) is 15.2. The van der Waals surface area contributed by atoms with Crippen LogP contribution in [-0.4, -0.2) is 47.8 Å². The zero-order valence-corrected chi connectivity index (χ0v) is 19.0. The van der Waals surface area contributed by atoms with Gasteiger partial charge in [0.15, 0.2) is 0 Å². The fraction of sp³-hybridized carbons (Fsp3) is 0.400. The minimum Gasteiger partial charge on any atom is -0.376 e. The van der Waals surface area contributed by atoms with Gasteiger partial charge in [0.1, 0.15) is 0 Å². The van der Waals surface area contributed by atoms with Crippen LogP contribution in [0.3, 0.4) is 0 Å². The number of nitrogens with zero attached hydrogens (tertiary/aromatic N) is 1. The van der Waals surface area contributed by atoms with Crippen LogP contribution in [-0.2, 0) is 4.79 Å². The molecule has 3 amide bonds. The van der Waals surface area contributed by atoms with Gasteiger partial charge in [-0.25, -0.2) is 0 Å². The first-order valence-corrected chi connectivity index (χ1v) is 11.1. The zero-order chi connectivity index (χ0) is 23.1. The summed E-state index contributed by atoms with van der Waals surface area (Å²) in [6, 6.07) is 14.0. The molecule has 0 saturated carbocycles. The number of hydrogen-bond acceptors (Lipinski definition) is 4. The van der Waals surface area contributed by atoms with E-state index < -0.39 is 0 Å². The van der Waals surface area contributed by atoms with Crippen molar-refractivity contribution in [2.45, 2.75) is 45.6 Å². The molecule has 0 bridgehead atoms. The van der Waals surface area contributed by atoms with E-state index in [2.05, 4.69) is 16.0 Å². The van der Waals surface area contributed by atoms with Crippen LogP contribution < -0.4 is 16.0 Å². The summed E-state index contributed by atoms with van der Waals surface area (Å²) >= 11 is 0. The van der Waals surface area contributed by atoms with Gasteiger partial charge >= 0.3 is 0 Å². The van der Waals surface area contributed by atoms with Gasteiger partial charge in [-0.3, -0.25) is 14.4 Å². The van der Waals surface area contributed by atoms with Gasteiger partial charge in [0.05, 0.1) is 6.54 Å². The van der Waals surface area contributed by atoms with E-state index in [1.165, 1.54) is 6.42 Å². The molecule has 2 aromatic carbocycles. The van der Waals surface area contributed by atoms with E-state index in [9.17, 15) is 14.4 Å². The summed E-state index contributed by atoms with van der Waals surface area (Å²) in [5.74, 6) is -0.289. The van der Waals surface area contributed by atoms with Crippen molar-refractivity contribution in [2.75, 3.05) is 30.3 Å². The number of hydrogen-bond donors (Lipinski definition) is 3. The van der Waals surface area contributed by atoms with Gasteiger partial charge in [0.25, 0.3) is 11.8 Å². The lowest BCUT2D eigenvalue weighted by Crippen LogP contribution is -2.40. The van der Waals surface area contributed by atoms with Crippen LogP contribution in [0, 0.1) is 0 Å². The number of amides is 3. The normalized spacial score (nSPS) is 13.9. The molecule has 3 N–H and O–H groups in total. The third-order valence-corrected chi connectivity index (χ3v) is 5.15. The van der Waals surface area contributed by atoms with Crippen LogP contribution in [0.1, 0.15) is 60.7 Å². The van der Waals surface area contributed by atoms with Crippen LogP contribution >= 0.6 is 0 Å². The summed E-state index contributed by atoms with van der Waals surface area (Å²) in [4.78, 5) is 38.9. The van der Waals surface area contributed by atoms with E-state index in [1.807, 2.05) is 25.7 Å². The number of anilines is 2. The lowest BCUT2D eigenvalue weighted by molar-refractivity contribution is -0.114. The maximum Gasteiger partial charge on any atom is 0.253 e. The second-order valence-electron chi connectivity index (χ2n) is 9.11. The van der Waals surface area contributed by atoms with Crippen molar-refractivity contribution < 1.29 is 14.4 Å². The summed E-state index contributed by atoms with van der Waals surface area (Å²) in [6.45, 7) is 7.50. The van der Waals surface area contributed by atoms with E-state index in [0.29, 0.717) is 16.8 Å². The monoisotopic (exact) mass is 436 g/mol. The number of benzene rings is 2. The Bertz CT molecular complexity index is 941. The molecule has 1 saturated heterocycles. The standard InChI is InChI=1S/C25H32N4O3/c1-25(2,3)28-23(31)18-7-11-20(12-8-18)26-17-22(30)27-21-13-9-19(10-14-21)24(32)29-15-5-4-6-16-29/h7-14,26H,4-6,15-17H2,1-3H3,(H,27,30)(H,28,31). The van der Waals surface area contributed by atoms with Crippen molar-refractivity contribution in [2.24, 2.45) is 0 Å². The van der Waals surface area contributed by atoms with Gasteiger partial charge in [-0.1, -0.05) is 0 Å². The van der Waals surface area contributed by atoms with Crippen molar-refractivity contribution in [3.63, 3.8) is 0 Å². The van der Waals surface area contributed by atoms with Crippen LogP contribution in [0.5, 0.6) is 0 Å². The Kier molecular flexibility index (Phi) is 7.51. The van der Waals surface area contributed by atoms with Crippen LogP contribution in [0.4, 0.5) is 11.4 Å². The van der Waals surface area contributed by atoms with Gasteiger partial charge in [-0.05, 0) is 88.6 Å². The molecule has 170 valence electrons. The Morgan fingerprint density at radius 2 is 1.38 bits per heavy atom. The van der Waals surface area contributed by atoms with Crippen LogP contribution in [0.2, 0.25) is 0 Å². The lowest BCUT2D eigenvalue weighted by Gasteiger charge is -2.26. The van der Waals surface area contributed by atoms with Crippen molar-refractivity contribution in [3.8, 4) is 0 Å². The van der Waals surface area contributed by atoms with Crippen molar-refractivity contribution >= 4 is 29.1 Å². The van der Waals surface area contributed by atoms with E-state index in [-0.39, 0.29) is 29.8 Å². The molecule has 7 nitrogen and oxygen atoms in total. The molecule has 1 fully saturated rings. The van der Waals surface area contributed by atoms with Gasteiger partial charge in [0.2, 0.25) is 5.91 Å². The molecular formula is C25H32N4O3. The van der Waals surface area contributed by atoms with E-state index >= 15 is 0 Å². The second-order valence-corrected chi connectivity index (χ2v) is 9.11. The molecule has 0 aliphatic carbocycles.